The van der Waals surface area contributed by atoms with Crippen LogP contribution in [0.3, 0.4) is 0 Å². The van der Waals surface area contributed by atoms with Crippen LogP contribution in [-0.2, 0) is 34.0 Å². The third kappa shape index (κ3) is 3.90. The first-order chi connectivity index (χ1) is 13.0. The smallest absolute Gasteiger partial charge is 0.221 e. The molecule has 5 nitrogen and oxygen atoms in total. The predicted octanol–water partition coefficient (Wildman–Crippen LogP) is 3.40. The molecule has 1 aliphatic rings. The van der Waals surface area contributed by atoms with Crippen LogP contribution in [0.2, 0.25) is 0 Å². The summed E-state index contributed by atoms with van der Waals surface area (Å²) in [5, 5.41) is 3.70. The molecule has 0 unspecified atom stereocenters. The van der Waals surface area contributed by atoms with Crippen molar-refractivity contribution in [2.75, 3.05) is 5.75 Å². The van der Waals surface area contributed by atoms with Crippen LogP contribution >= 0.6 is 0 Å². The fourth-order valence-electron chi connectivity index (χ4n) is 3.48. The monoisotopic (exact) mass is 383 g/mol. The van der Waals surface area contributed by atoms with Gasteiger partial charge in [-0.25, -0.2) is 8.42 Å². The highest BCUT2D eigenvalue weighted by molar-refractivity contribution is 7.91. The summed E-state index contributed by atoms with van der Waals surface area (Å²) >= 11 is 0. The highest BCUT2D eigenvalue weighted by Gasteiger charge is 2.20. The van der Waals surface area contributed by atoms with Crippen LogP contribution in [0.15, 0.2) is 57.8 Å². The zero-order chi connectivity index (χ0) is 18.9. The number of fused-ring (bicyclic) bond motifs is 2. The van der Waals surface area contributed by atoms with Gasteiger partial charge in [0.2, 0.25) is 5.91 Å². The molecule has 27 heavy (non-hydrogen) atoms. The Morgan fingerprint density at radius 2 is 1.85 bits per heavy atom. The first kappa shape index (κ1) is 17.8. The molecule has 0 bridgehead atoms. The Morgan fingerprint density at radius 1 is 1.04 bits per heavy atom. The number of sulfone groups is 1. The lowest BCUT2D eigenvalue weighted by atomic mass is 10.1. The Morgan fingerprint density at radius 3 is 2.70 bits per heavy atom. The van der Waals surface area contributed by atoms with E-state index < -0.39 is 9.84 Å². The van der Waals surface area contributed by atoms with E-state index in [0.29, 0.717) is 10.7 Å². The lowest BCUT2D eigenvalue weighted by molar-refractivity contribution is -0.120. The van der Waals surface area contributed by atoms with Crippen molar-refractivity contribution in [2.24, 2.45) is 0 Å². The summed E-state index contributed by atoms with van der Waals surface area (Å²) in [6, 6.07) is 14.8. The Bertz CT molecular complexity index is 1070. The zero-order valence-corrected chi connectivity index (χ0v) is 15.7. The maximum absolute atomic E-state index is 12.5. The Balaban J connectivity index is 1.34. The average molecular weight is 383 g/mol. The first-order valence-corrected chi connectivity index (χ1v) is 10.8. The highest BCUT2D eigenvalue weighted by atomic mass is 32.2. The van der Waals surface area contributed by atoms with E-state index in [4.69, 9.17) is 4.42 Å². The van der Waals surface area contributed by atoms with E-state index in [0.717, 1.165) is 35.8 Å². The number of carbonyl (C=O) groups excluding carboxylic acids is 1. The van der Waals surface area contributed by atoms with Gasteiger partial charge in [0.05, 0.1) is 17.2 Å². The molecule has 0 saturated carbocycles. The lowest BCUT2D eigenvalue weighted by Crippen LogP contribution is -2.25. The summed E-state index contributed by atoms with van der Waals surface area (Å²) in [5.41, 5.74) is 3.11. The van der Waals surface area contributed by atoms with Crippen LogP contribution in [0.4, 0.5) is 0 Å². The number of para-hydroxylation sites is 1. The lowest BCUT2D eigenvalue weighted by Gasteiger charge is -2.07. The fourth-order valence-corrected chi connectivity index (χ4v) is 4.77. The first-order valence-electron chi connectivity index (χ1n) is 9.10. The molecule has 3 aromatic rings. The molecule has 0 aliphatic heterocycles. The number of benzene rings is 2. The van der Waals surface area contributed by atoms with Crippen molar-refractivity contribution in [3.05, 3.63) is 65.4 Å². The molecule has 2 aromatic carbocycles. The minimum Gasteiger partial charge on any atom is -0.459 e. The highest BCUT2D eigenvalue weighted by Crippen LogP contribution is 2.25. The van der Waals surface area contributed by atoms with Crippen molar-refractivity contribution in [2.45, 2.75) is 37.1 Å². The normalized spacial score (nSPS) is 13.6. The molecule has 0 saturated heterocycles. The van der Waals surface area contributed by atoms with Crippen LogP contribution in [0, 0.1) is 0 Å². The van der Waals surface area contributed by atoms with Crippen molar-refractivity contribution in [3.8, 4) is 0 Å². The van der Waals surface area contributed by atoms with Crippen molar-refractivity contribution >= 4 is 26.7 Å². The summed E-state index contributed by atoms with van der Waals surface area (Å²) in [6.07, 6.45) is 2.94. The topological polar surface area (TPSA) is 76.4 Å². The number of hydrogen-bond acceptors (Lipinski definition) is 4. The van der Waals surface area contributed by atoms with Crippen LogP contribution in [0.5, 0.6) is 0 Å². The Labute approximate surface area is 158 Å². The van der Waals surface area contributed by atoms with E-state index in [1.54, 1.807) is 12.1 Å². The molecule has 1 heterocycles. The molecule has 4 rings (SSSR count). The van der Waals surface area contributed by atoms with Crippen LogP contribution in [0.1, 0.15) is 29.7 Å². The van der Waals surface area contributed by atoms with Gasteiger partial charge in [0, 0.05) is 11.8 Å². The second kappa shape index (κ2) is 7.19. The number of aryl methyl sites for hydroxylation is 2. The van der Waals surface area contributed by atoms with E-state index in [1.165, 1.54) is 5.56 Å². The number of hydrogen-bond donors (Lipinski definition) is 1. The molecular formula is C21H21NO4S. The zero-order valence-electron chi connectivity index (χ0n) is 14.9. The molecule has 0 radical (unpaired) electrons. The van der Waals surface area contributed by atoms with Gasteiger partial charge in [-0.2, -0.15) is 0 Å². The molecule has 0 fully saturated rings. The van der Waals surface area contributed by atoms with Crippen molar-refractivity contribution in [1.82, 2.24) is 5.32 Å². The molecule has 6 heteroatoms. The summed E-state index contributed by atoms with van der Waals surface area (Å²) in [6.45, 7) is 0.242. The van der Waals surface area contributed by atoms with Crippen molar-refractivity contribution < 1.29 is 17.6 Å². The number of rotatable bonds is 6. The fraction of sp³-hybridized carbons (Fsp3) is 0.286. The maximum Gasteiger partial charge on any atom is 0.221 e. The number of furan rings is 1. The quantitative estimate of drug-likeness (QED) is 0.708. The SMILES string of the molecule is O=C(CCS(=O)(=O)c1ccc2c(c1)CCC2)NCc1cc2ccccc2o1. The van der Waals surface area contributed by atoms with Crippen LogP contribution in [0.25, 0.3) is 11.0 Å². The van der Waals surface area contributed by atoms with Gasteiger partial charge in [0.25, 0.3) is 0 Å². The van der Waals surface area contributed by atoms with Crippen LogP contribution in [-0.4, -0.2) is 20.1 Å². The summed E-state index contributed by atoms with van der Waals surface area (Å²) in [5.74, 6) is 0.142. The molecule has 0 spiro atoms. The third-order valence-corrected chi connectivity index (χ3v) is 6.68. The minimum absolute atomic E-state index is 0.0698. The second-order valence-electron chi connectivity index (χ2n) is 6.88. The molecule has 1 N–H and O–H groups in total. The Hall–Kier alpha value is -2.60. The van der Waals surface area contributed by atoms with Gasteiger partial charge in [-0.15, -0.1) is 0 Å². The summed E-state index contributed by atoms with van der Waals surface area (Å²) in [7, 11) is -3.46. The third-order valence-electron chi connectivity index (χ3n) is 4.96. The number of nitrogens with one attached hydrogen (secondary N) is 1. The average Bonchev–Trinajstić information content (AvgIpc) is 3.30. The van der Waals surface area contributed by atoms with Gasteiger partial charge in [-0.1, -0.05) is 24.3 Å². The van der Waals surface area contributed by atoms with E-state index in [1.807, 2.05) is 36.4 Å². The molecule has 1 aliphatic carbocycles. The second-order valence-corrected chi connectivity index (χ2v) is 8.99. The minimum atomic E-state index is -3.46. The van der Waals surface area contributed by atoms with E-state index in [-0.39, 0.29) is 24.6 Å². The molecular weight excluding hydrogens is 362 g/mol. The molecule has 0 atom stereocenters. The van der Waals surface area contributed by atoms with Gasteiger partial charge >= 0.3 is 0 Å². The van der Waals surface area contributed by atoms with E-state index >= 15 is 0 Å². The summed E-state index contributed by atoms with van der Waals surface area (Å²) < 4.78 is 30.7. The van der Waals surface area contributed by atoms with Gasteiger partial charge < -0.3 is 9.73 Å². The Kier molecular flexibility index (Phi) is 4.74. The largest absolute Gasteiger partial charge is 0.459 e. The number of amides is 1. The van der Waals surface area contributed by atoms with Gasteiger partial charge in [0.15, 0.2) is 9.84 Å². The molecule has 140 valence electrons. The van der Waals surface area contributed by atoms with Gasteiger partial charge in [-0.05, 0) is 54.7 Å². The van der Waals surface area contributed by atoms with Gasteiger partial charge in [-0.3, -0.25) is 4.79 Å². The maximum atomic E-state index is 12.5. The van der Waals surface area contributed by atoms with Crippen molar-refractivity contribution in [3.63, 3.8) is 0 Å². The standard InChI is InChI=1S/C21H21NO4S/c23-21(22-14-18-12-17-4-1-2-7-20(17)26-18)10-11-27(24,25)19-9-8-15-5-3-6-16(15)13-19/h1-2,4,7-9,12-13H,3,5-6,10-11,14H2,(H,22,23). The predicted molar refractivity (Wildman–Crippen MR) is 103 cm³/mol. The molecule has 1 amide bonds. The van der Waals surface area contributed by atoms with E-state index in [2.05, 4.69) is 5.32 Å². The van der Waals surface area contributed by atoms with E-state index in [9.17, 15) is 13.2 Å². The molecule has 1 aromatic heterocycles. The van der Waals surface area contributed by atoms with Gasteiger partial charge in [0.1, 0.15) is 11.3 Å². The summed E-state index contributed by atoms with van der Waals surface area (Å²) in [4.78, 5) is 12.4. The number of carbonyl (C=O) groups is 1. The van der Waals surface area contributed by atoms with Crippen molar-refractivity contribution in [1.29, 1.82) is 0 Å². The van der Waals surface area contributed by atoms with Crippen LogP contribution < -0.4 is 5.32 Å².